The molecule has 1 heterocycles. The average molecular weight is 538 g/mol. The number of para-hydroxylation sites is 2. The van der Waals surface area contributed by atoms with E-state index in [1.807, 2.05) is 19.2 Å². The Labute approximate surface area is 203 Å². The van der Waals surface area contributed by atoms with E-state index in [9.17, 15) is 0 Å². The van der Waals surface area contributed by atoms with E-state index in [0.717, 1.165) is 62.0 Å². The fraction of sp³-hybridized carbons (Fsp3) is 0.458. The third-order valence-corrected chi connectivity index (χ3v) is 5.67. The van der Waals surface area contributed by atoms with Crippen molar-refractivity contribution in [3.05, 3.63) is 53.6 Å². The van der Waals surface area contributed by atoms with E-state index in [0.29, 0.717) is 5.92 Å². The van der Waals surface area contributed by atoms with Gasteiger partial charge >= 0.3 is 0 Å². The van der Waals surface area contributed by atoms with Crippen molar-refractivity contribution in [2.75, 3.05) is 52.3 Å². The maximum Gasteiger partial charge on any atom is 0.190 e. The molecule has 0 radical (unpaired) electrons. The number of rotatable bonds is 8. The summed E-state index contributed by atoms with van der Waals surface area (Å²) in [4.78, 5) is 6.78. The molecule has 1 aliphatic heterocycles. The van der Waals surface area contributed by atoms with Gasteiger partial charge in [-0.25, -0.2) is 0 Å². The van der Waals surface area contributed by atoms with Crippen LogP contribution in [0.2, 0.25) is 0 Å². The Morgan fingerprint density at radius 3 is 2.61 bits per heavy atom. The highest BCUT2D eigenvalue weighted by Crippen LogP contribution is 2.31. The fourth-order valence-electron chi connectivity index (χ4n) is 3.92. The number of aliphatic imine (C=N–C) groups is 1. The van der Waals surface area contributed by atoms with Crippen LogP contribution in [0, 0.1) is 12.8 Å². The van der Waals surface area contributed by atoms with Crippen LogP contribution in [0.3, 0.4) is 0 Å². The lowest BCUT2D eigenvalue weighted by Crippen LogP contribution is -2.41. The molecule has 0 aromatic heterocycles. The van der Waals surface area contributed by atoms with E-state index in [1.165, 1.54) is 11.3 Å². The van der Waals surface area contributed by atoms with Gasteiger partial charge in [0.25, 0.3) is 0 Å². The molecule has 1 atom stereocenters. The topological polar surface area (TPSA) is 58.1 Å². The van der Waals surface area contributed by atoms with E-state index in [1.54, 1.807) is 14.2 Å². The highest BCUT2D eigenvalue weighted by molar-refractivity contribution is 14.0. The molecule has 2 aromatic carbocycles. The summed E-state index contributed by atoms with van der Waals surface area (Å²) in [5, 5.41) is 6.91. The van der Waals surface area contributed by atoms with E-state index < -0.39 is 0 Å². The van der Waals surface area contributed by atoms with Crippen LogP contribution in [0.5, 0.6) is 11.5 Å². The second-order valence-electron chi connectivity index (χ2n) is 7.71. The Kier molecular flexibility index (Phi) is 10.2. The van der Waals surface area contributed by atoms with Crippen molar-refractivity contribution in [2.24, 2.45) is 10.9 Å². The molecular formula is C24H35IN4O2. The zero-order chi connectivity index (χ0) is 21.3. The number of nitrogens with one attached hydrogen (secondary N) is 2. The van der Waals surface area contributed by atoms with Crippen LogP contribution in [0.25, 0.3) is 0 Å². The number of halogens is 1. The molecule has 170 valence electrons. The number of nitrogens with zero attached hydrogens (tertiary/aromatic N) is 2. The molecule has 1 unspecified atom stereocenters. The highest BCUT2D eigenvalue weighted by atomic mass is 127. The van der Waals surface area contributed by atoms with E-state index in [-0.39, 0.29) is 24.0 Å². The van der Waals surface area contributed by atoms with Crippen molar-refractivity contribution in [2.45, 2.75) is 19.8 Å². The number of benzene rings is 2. The van der Waals surface area contributed by atoms with Gasteiger partial charge in [-0.2, -0.15) is 0 Å². The molecule has 7 heteroatoms. The standard InChI is InChI=1S/C24H34N4O2.HI/c1-18-9-10-19(15-23(18)30-4)11-13-26-24(25-2)27-16-20-12-14-28(17-20)21-7-5-6-8-22(21)29-3;/h5-10,15,20H,11-14,16-17H2,1-4H3,(H2,25,26,27);1H. The van der Waals surface area contributed by atoms with E-state index in [2.05, 4.69) is 57.8 Å². The van der Waals surface area contributed by atoms with Gasteiger partial charge in [-0.05, 0) is 55.0 Å². The fourth-order valence-corrected chi connectivity index (χ4v) is 3.92. The van der Waals surface area contributed by atoms with Gasteiger partial charge < -0.3 is 25.0 Å². The molecule has 0 bridgehead atoms. The lowest BCUT2D eigenvalue weighted by atomic mass is 10.1. The summed E-state index contributed by atoms with van der Waals surface area (Å²) < 4.78 is 10.9. The van der Waals surface area contributed by atoms with Gasteiger partial charge in [-0.15, -0.1) is 24.0 Å². The molecule has 0 amide bonds. The number of anilines is 1. The Morgan fingerprint density at radius 1 is 1.10 bits per heavy atom. The van der Waals surface area contributed by atoms with Crippen LogP contribution in [0.15, 0.2) is 47.5 Å². The van der Waals surface area contributed by atoms with Gasteiger partial charge in [0.2, 0.25) is 0 Å². The maximum atomic E-state index is 5.52. The summed E-state index contributed by atoms with van der Waals surface area (Å²) >= 11 is 0. The third-order valence-electron chi connectivity index (χ3n) is 5.67. The summed E-state index contributed by atoms with van der Waals surface area (Å²) in [6.45, 7) is 5.86. The molecule has 0 aliphatic carbocycles. The van der Waals surface area contributed by atoms with Crippen molar-refractivity contribution >= 4 is 35.6 Å². The molecule has 0 spiro atoms. The normalized spacial score (nSPS) is 15.9. The van der Waals surface area contributed by atoms with Crippen LogP contribution in [-0.2, 0) is 6.42 Å². The SMILES string of the molecule is CN=C(NCCc1ccc(C)c(OC)c1)NCC1CCN(c2ccccc2OC)C1.I. The number of guanidine groups is 1. The van der Waals surface area contributed by atoms with Gasteiger partial charge in [-0.3, -0.25) is 4.99 Å². The first-order valence-corrected chi connectivity index (χ1v) is 10.6. The van der Waals surface area contributed by atoms with Crippen molar-refractivity contribution in [3.63, 3.8) is 0 Å². The quantitative estimate of drug-likeness (QED) is 0.304. The first-order valence-electron chi connectivity index (χ1n) is 10.6. The highest BCUT2D eigenvalue weighted by Gasteiger charge is 2.24. The first-order chi connectivity index (χ1) is 14.6. The van der Waals surface area contributed by atoms with Crippen LogP contribution < -0.4 is 25.0 Å². The second-order valence-corrected chi connectivity index (χ2v) is 7.71. The Morgan fingerprint density at radius 2 is 1.87 bits per heavy atom. The molecule has 1 fully saturated rings. The van der Waals surface area contributed by atoms with Crippen molar-refractivity contribution in [1.29, 1.82) is 0 Å². The van der Waals surface area contributed by atoms with Gasteiger partial charge in [0.1, 0.15) is 11.5 Å². The van der Waals surface area contributed by atoms with E-state index >= 15 is 0 Å². The molecule has 0 saturated carbocycles. The summed E-state index contributed by atoms with van der Waals surface area (Å²) in [5.41, 5.74) is 3.59. The zero-order valence-corrected chi connectivity index (χ0v) is 21.3. The zero-order valence-electron chi connectivity index (χ0n) is 19.0. The number of hydrogen-bond acceptors (Lipinski definition) is 4. The predicted molar refractivity (Wildman–Crippen MR) is 140 cm³/mol. The summed E-state index contributed by atoms with van der Waals surface area (Å²) in [5.74, 6) is 3.31. The Bertz CT molecular complexity index is 859. The lowest BCUT2D eigenvalue weighted by Gasteiger charge is -2.21. The molecule has 6 nitrogen and oxygen atoms in total. The van der Waals surface area contributed by atoms with Crippen LogP contribution in [-0.4, -0.2) is 53.4 Å². The van der Waals surface area contributed by atoms with Gasteiger partial charge in [0, 0.05) is 33.2 Å². The first kappa shape index (κ1) is 25.1. The molecule has 2 aromatic rings. The number of hydrogen-bond donors (Lipinski definition) is 2. The molecular weight excluding hydrogens is 503 g/mol. The van der Waals surface area contributed by atoms with Crippen LogP contribution in [0.1, 0.15) is 17.5 Å². The minimum absolute atomic E-state index is 0. The lowest BCUT2D eigenvalue weighted by molar-refractivity contribution is 0.411. The molecule has 31 heavy (non-hydrogen) atoms. The largest absolute Gasteiger partial charge is 0.496 e. The minimum Gasteiger partial charge on any atom is -0.496 e. The monoisotopic (exact) mass is 538 g/mol. The molecule has 3 rings (SSSR count). The number of aryl methyl sites for hydroxylation is 1. The number of methoxy groups -OCH3 is 2. The Hall–Kier alpha value is -2.16. The van der Waals surface area contributed by atoms with Gasteiger partial charge in [0.05, 0.1) is 19.9 Å². The average Bonchev–Trinajstić information content (AvgIpc) is 3.26. The summed E-state index contributed by atoms with van der Waals surface area (Å²) in [6.07, 6.45) is 2.08. The summed E-state index contributed by atoms with van der Waals surface area (Å²) in [7, 11) is 5.27. The van der Waals surface area contributed by atoms with Crippen LogP contribution in [0.4, 0.5) is 5.69 Å². The molecule has 2 N–H and O–H groups in total. The number of ether oxygens (including phenoxy) is 2. The van der Waals surface area contributed by atoms with Crippen molar-refractivity contribution in [3.8, 4) is 11.5 Å². The van der Waals surface area contributed by atoms with Crippen molar-refractivity contribution in [1.82, 2.24) is 10.6 Å². The Balaban J connectivity index is 0.00000341. The van der Waals surface area contributed by atoms with Gasteiger partial charge in [-0.1, -0.05) is 24.3 Å². The van der Waals surface area contributed by atoms with Crippen molar-refractivity contribution < 1.29 is 9.47 Å². The summed E-state index contributed by atoms with van der Waals surface area (Å²) in [6, 6.07) is 14.6. The maximum absolute atomic E-state index is 5.52. The minimum atomic E-state index is 0. The van der Waals surface area contributed by atoms with E-state index in [4.69, 9.17) is 9.47 Å². The second kappa shape index (κ2) is 12.6. The molecule has 1 saturated heterocycles. The molecule has 1 aliphatic rings. The third kappa shape index (κ3) is 6.92. The smallest absolute Gasteiger partial charge is 0.190 e. The van der Waals surface area contributed by atoms with Crippen LogP contribution >= 0.6 is 24.0 Å². The predicted octanol–water partition coefficient (Wildman–Crippen LogP) is 3.86. The van der Waals surface area contributed by atoms with Gasteiger partial charge in [0.15, 0.2) is 5.96 Å².